The number of hydrogen-bond donors (Lipinski definition) is 1. The van der Waals surface area contributed by atoms with Crippen molar-refractivity contribution in [1.29, 1.82) is 5.26 Å². The van der Waals surface area contributed by atoms with Crippen LogP contribution in [-0.4, -0.2) is 46.4 Å². The largest absolute Gasteiger partial charge is 0.488 e. The van der Waals surface area contributed by atoms with Crippen LogP contribution in [0.3, 0.4) is 0 Å². The molecule has 8 heteroatoms. The van der Waals surface area contributed by atoms with E-state index in [1.165, 1.54) is 12.1 Å². The van der Waals surface area contributed by atoms with Crippen LogP contribution in [0.5, 0.6) is 5.75 Å². The zero-order valence-electron chi connectivity index (χ0n) is 14.2. The van der Waals surface area contributed by atoms with Gasteiger partial charge >= 0.3 is 12.1 Å². The summed E-state index contributed by atoms with van der Waals surface area (Å²) in [5, 5.41) is 18.5. The molecular formula is C17H19ClN2O5. The van der Waals surface area contributed by atoms with Gasteiger partial charge in [-0.2, -0.15) is 5.26 Å². The molecule has 1 amide bonds. The predicted octanol–water partition coefficient (Wildman–Crippen LogP) is 3.05. The van der Waals surface area contributed by atoms with E-state index in [4.69, 9.17) is 26.3 Å². The van der Waals surface area contributed by atoms with Crippen LogP contribution in [0.15, 0.2) is 18.2 Å². The van der Waals surface area contributed by atoms with Crippen molar-refractivity contribution in [1.82, 2.24) is 4.90 Å². The highest BCUT2D eigenvalue weighted by Gasteiger charge is 2.42. The van der Waals surface area contributed by atoms with Crippen molar-refractivity contribution in [2.24, 2.45) is 0 Å². The maximum Gasteiger partial charge on any atom is 0.411 e. The van der Waals surface area contributed by atoms with E-state index in [1.807, 2.05) is 6.07 Å². The summed E-state index contributed by atoms with van der Waals surface area (Å²) in [4.78, 5) is 24.9. The Bertz CT molecular complexity index is 723. The first-order chi connectivity index (χ1) is 11.6. The minimum atomic E-state index is -1.12. The maximum atomic E-state index is 12.2. The number of ether oxygens (including phenoxy) is 2. The quantitative estimate of drug-likeness (QED) is 0.882. The van der Waals surface area contributed by atoms with Crippen molar-refractivity contribution in [3.8, 4) is 11.8 Å². The number of carbonyl (C=O) groups excluding carboxylic acids is 1. The van der Waals surface area contributed by atoms with E-state index >= 15 is 0 Å². The number of nitrogens with zero attached hydrogens (tertiary/aromatic N) is 2. The first kappa shape index (κ1) is 18.9. The van der Waals surface area contributed by atoms with Crippen LogP contribution in [0.1, 0.15) is 32.8 Å². The summed E-state index contributed by atoms with van der Waals surface area (Å²) in [6, 6.07) is 5.52. The van der Waals surface area contributed by atoms with E-state index in [1.54, 1.807) is 26.8 Å². The Hall–Kier alpha value is -2.46. The normalized spacial score (nSPS) is 20.0. The smallest absolute Gasteiger partial charge is 0.411 e. The first-order valence-corrected chi connectivity index (χ1v) is 8.07. The highest BCUT2D eigenvalue weighted by atomic mass is 35.5. The summed E-state index contributed by atoms with van der Waals surface area (Å²) >= 11 is 5.96. The van der Waals surface area contributed by atoms with Gasteiger partial charge in [0.2, 0.25) is 0 Å². The van der Waals surface area contributed by atoms with Gasteiger partial charge in [-0.15, -0.1) is 0 Å². The molecule has 0 aromatic heterocycles. The second kappa shape index (κ2) is 7.19. The lowest BCUT2D eigenvalue weighted by atomic mass is 10.2. The zero-order valence-corrected chi connectivity index (χ0v) is 14.9. The molecule has 1 fully saturated rings. The zero-order chi connectivity index (χ0) is 18.8. The Labute approximate surface area is 150 Å². The summed E-state index contributed by atoms with van der Waals surface area (Å²) in [6.07, 6.45) is -1.08. The van der Waals surface area contributed by atoms with Gasteiger partial charge in [-0.25, -0.2) is 9.59 Å². The van der Waals surface area contributed by atoms with E-state index in [0.717, 1.165) is 4.90 Å². The fraction of sp³-hybridized carbons (Fsp3) is 0.471. The van der Waals surface area contributed by atoms with Crippen LogP contribution in [0.4, 0.5) is 4.79 Å². The van der Waals surface area contributed by atoms with E-state index in [0.29, 0.717) is 11.3 Å². The topological polar surface area (TPSA) is 99.9 Å². The molecule has 2 atom stereocenters. The Kier molecular flexibility index (Phi) is 5.43. The Morgan fingerprint density at radius 3 is 2.60 bits per heavy atom. The van der Waals surface area contributed by atoms with Gasteiger partial charge in [-0.3, -0.25) is 4.90 Å². The highest BCUT2D eigenvalue weighted by Crippen LogP contribution is 2.28. The van der Waals surface area contributed by atoms with Crippen LogP contribution in [0.2, 0.25) is 5.02 Å². The number of benzene rings is 1. The van der Waals surface area contributed by atoms with Gasteiger partial charge in [0.25, 0.3) is 0 Å². The van der Waals surface area contributed by atoms with Crippen molar-refractivity contribution in [3.05, 3.63) is 28.8 Å². The van der Waals surface area contributed by atoms with Crippen molar-refractivity contribution < 1.29 is 24.2 Å². The Morgan fingerprint density at radius 1 is 1.40 bits per heavy atom. The van der Waals surface area contributed by atoms with Crippen LogP contribution < -0.4 is 4.74 Å². The molecule has 0 bridgehead atoms. The third-order valence-corrected chi connectivity index (χ3v) is 3.85. The van der Waals surface area contributed by atoms with E-state index in [9.17, 15) is 14.7 Å². The minimum absolute atomic E-state index is 0.0868. The molecule has 2 rings (SSSR count). The predicted molar refractivity (Wildman–Crippen MR) is 89.6 cm³/mol. The van der Waals surface area contributed by atoms with Crippen molar-refractivity contribution in [2.75, 3.05) is 6.54 Å². The third-order valence-electron chi connectivity index (χ3n) is 3.54. The number of carboxylic acids is 1. The SMILES string of the molecule is CC(C)(C)OC(=O)N1C[C@H](Oc2ccc(C#N)c(Cl)c2)C[C@H]1C(=O)O. The summed E-state index contributed by atoms with van der Waals surface area (Å²) in [7, 11) is 0. The average Bonchev–Trinajstić information content (AvgIpc) is 2.90. The molecule has 134 valence electrons. The lowest BCUT2D eigenvalue weighted by Gasteiger charge is -2.26. The first-order valence-electron chi connectivity index (χ1n) is 7.69. The number of carbonyl (C=O) groups is 2. The molecule has 0 spiro atoms. The second-order valence-electron chi connectivity index (χ2n) is 6.72. The van der Waals surface area contributed by atoms with Gasteiger partial charge < -0.3 is 14.6 Å². The van der Waals surface area contributed by atoms with Gasteiger partial charge in [0.1, 0.15) is 29.6 Å². The molecule has 1 aliphatic rings. The molecule has 1 heterocycles. The van der Waals surface area contributed by atoms with Crippen LogP contribution in [-0.2, 0) is 9.53 Å². The molecule has 1 aromatic rings. The summed E-state index contributed by atoms with van der Waals surface area (Å²) in [6.45, 7) is 5.22. The van der Waals surface area contributed by atoms with E-state index in [2.05, 4.69) is 0 Å². The van der Waals surface area contributed by atoms with Crippen molar-refractivity contribution >= 4 is 23.7 Å². The number of halogens is 1. The molecule has 1 saturated heterocycles. The van der Waals surface area contributed by atoms with Crippen LogP contribution in [0.25, 0.3) is 0 Å². The summed E-state index contributed by atoms with van der Waals surface area (Å²) < 4.78 is 11.0. The lowest BCUT2D eigenvalue weighted by molar-refractivity contribution is -0.142. The Balaban J connectivity index is 2.11. The van der Waals surface area contributed by atoms with Gasteiger partial charge in [0.15, 0.2) is 0 Å². The molecule has 1 aliphatic heterocycles. The minimum Gasteiger partial charge on any atom is -0.488 e. The summed E-state index contributed by atoms with van der Waals surface area (Å²) in [5.74, 6) is -0.709. The molecule has 0 unspecified atom stereocenters. The van der Waals surface area contributed by atoms with E-state index < -0.39 is 29.8 Å². The molecule has 0 saturated carbocycles. The van der Waals surface area contributed by atoms with Crippen molar-refractivity contribution in [3.63, 3.8) is 0 Å². The molecule has 1 aromatic carbocycles. The number of hydrogen-bond acceptors (Lipinski definition) is 5. The number of aliphatic carboxylic acids is 1. The fourth-order valence-corrected chi connectivity index (χ4v) is 2.70. The molecule has 0 radical (unpaired) electrons. The number of carboxylic acid groups (broad SMARTS) is 1. The third kappa shape index (κ3) is 4.77. The molecule has 0 aliphatic carbocycles. The molecule has 25 heavy (non-hydrogen) atoms. The molecular weight excluding hydrogens is 348 g/mol. The average molecular weight is 367 g/mol. The molecule has 7 nitrogen and oxygen atoms in total. The van der Waals surface area contributed by atoms with Gasteiger partial charge in [-0.1, -0.05) is 11.6 Å². The number of nitriles is 1. The molecule has 1 N–H and O–H groups in total. The maximum absolute atomic E-state index is 12.2. The lowest BCUT2D eigenvalue weighted by Crippen LogP contribution is -2.43. The number of amides is 1. The van der Waals surface area contributed by atoms with E-state index in [-0.39, 0.29) is 18.0 Å². The van der Waals surface area contributed by atoms with Gasteiger partial charge in [-0.05, 0) is 32.9 Å². The monoisotopic (exact) mass is 366 g/mol. The Morgan fingerprint density at radius 2 is 2.08 bits per heavy atom. The second-order valence-corrected chi connectivity index (χ2v) is 7.12. The fourth-order valence-electron chi connectivity index (χ4n) is 2.49. The highest BCUT2D eigenvalue weighted by molar-refractivity contribution is 6.31. The summed E-state index contributed by atoms with van der Waals surface area (Å²) in [5.41, 5.74) is -0.404. The number of likely N-dealkylation sites (tertiary alicyclic amines) is 1. The van der Waals surface area contributed by atoms with Crippen LogP contribution in [0, 0.1) is 11.3 Å². The van der Waals surface area contributed by atoms with Crippen LogP contribution >= 0.6 is 11.6 Å². The van der Waals surface area contributed by atoms with Gasteiger partial charge in [0, 0.05) is 12.5 Å². The number of rotatable bonds is 3. The standard InChI is InChI=1S/C17H19ClN2O5/c1-17(2,3)25-16(23)20-9-12(7-14(20)15(21)22)24-11-5-4-10(8-19)13(18)6-11/h4-6,12,14H,7,9H2,1-3H3,(H,21,22)/t12-,14+/m1/s1. The van der Waals surface area contributed by atoms with Crippen molar-refractivity contribution in [2.45, 2.75) is 44.9 Å². The van der Waals surface area contributed by atoms with Gasteiger partial charge in [0.05, 0.1) is 17.1 Å².